The van der Waals surface area contributed by atoms with E-state index >= 15 is 0 Å². The number of nitrogens with one attached hydrogen (secondary N) is 1. The summed E-state index contributed by atoms with van der Waals surface area (Å²) in [6.07, 6.45) is 9.33. The first-order valence-electron chi connectivity index (χ1n) is 12.9. The van der Waals surface area contributed by atoms with Gasteiger partial charge in [0.25, 0.3) is 0 Å². The van der Waals surface area contributed by atoms with Gasteiger partial charge >= 0.3 is 0 Å². The number of hydrogen-bond donors (Lipinski definition) is 2. The molecule has 0 aliphatic rings. The second kappa shape index (κ2) is 29.0. The van der Waals surface area contributed by atoms with Gasteiger partial charge in [0.05, 0.1) is 0 Å². The highest BCUT2D eigenvalue weighted by molar-refractivity contribution is 5.83. The van der Waals surface area contributed by atoms with Crippen molar-refractivity contribution >= 4 is 22.7 Å². The molecule has 200 valence electrons. The van der Waals surface area contributed by atoms with Crippen molar-refractivity contribution in [1.82, 2.24) is 9.88 Å². The second-order valence-electron chi connectivity index (χ2n) is 6.20. The van der Waals surface area contributed by atoms with Crippen LogP contribution >= 0.6 is 0 Å². The van der Waals surface area contributed by atoms with Crippen LogP contribution in [0.4, 0.5) is 0 Å². The molecule has 0 aliphatic heterocycles. The number of benzene rings is 1. The maximum absolute atomic E-state index is 11.8. The van der Waals surface area contributed by atoms with E-state index < -0.39 is 0 Å². The van der Waals surface area contributed by atoms with Gasteiger partial charge < -0.3 is 15.6 Å². The molecule has 1 aromatic heterocycles. The number of aromatic nitrogens is 1. The predicted octanol–water partition coefficient (Wildman–Crippen LogP) is 7.84. The Hall–Kier alpha value is -3.08. The highest BCUT2D eigenvalue weighted by Gasteiger charge is 2.10. The number of amides is 2. The van der Waals surface area contributed by atoms with Crippen LogP contribution in [-0.4, -0.2) is 34.8 Å². The Labute approximate surface area is 216 Å². The van der Waals surface area contributed by atoms with Crippen LogP contribution in [0.25, 0.3) is 10.9 Å². The Morgan fingerprint density at radius 2 is 1.49 bits per heavy atom. The van der Waals surface area contributed by atoms with Gasteiger partial charge in [0, 0.05) is 44.0 Å². The lowest BCUT2D eigenvalue weighted by Gasteiger charge is -2.21. The van der Waals surface area contributed by atoms with Crippen LogP contribution in [-0.2, 0) is 16.0 Å². The van der Waals surface area contributed by atoms with Gasteiger partial charge in [-0.3, -0.25) is 9.59 Å². The summed E-state index contributed by atoms with van der Waals surface area (Å²) in [5.41, 5.74) is 7.94. The molecule has 0 saturated carbocycles. The second-order valence-corrected chi connectivity index (χ2v) is 6.20. The predicted molar refractivity (Wildman–Crippen MR) is 158 cm³/mol. The van der Waals surface area contributed by atoms with Crippen LogP contribution in [0.1, 0.15) is 81.2 Å². The summed E-state index contributed by atoms with van der Waals surface area (Å²) in [4.78, 5) is 26.2. The molecule has 0 saturated heterocycles. The number of carbonyl (C=O) groups excluding carboxylic acids is 2. The first-order valence-corrected chi connectivity index (χ1v) is 12.9. The molecule has 2 rings (SSSR count). The molecule has 0 atom stereocenters. The fraction of sp³-hybridized carbons (Fsp3) is 0.467. The van der Waals surface area contributed by atoms with Crippen LogP contribution in [0, 0.1) is 0 Å². The van der Waals surface area contributed by atoms with E-state index in [1.54, 1.807) is 19.1 Å². The van der Waals surface area contributed by atoms with Crippen molar-refractivity contribution in [1.29, 1.82) is 0 Å². The lowest BCUT2D eigenvalue weighted by molar-refractivity contribution is -0.128. The molecule has 3 N–H and O–H groups in total. The van der Waals surface area contributed by atoms with Gasteiger partial charge in [-0.15, -0.1) is 0 Å². The zero-order valence-corrected chi connectivity index (χ0v) is 24.2. The van der Waals surface area contributed by atoms with Crippen LogP contribution in [0.15, 0.2) is 67.4 Å². The first-order chi connectivity index (χ1) is 16.9. The fourth-order valence-corrected chi connectivity index (χ4v) is 2.70. The summed E-state index contributed by atoms with van der Waals surface area (Å²) in [5.74, 6) is -0.249. The highest BCUT2D eigenvalue weighted by atomic mass is 16.2. The zero-order chi connectivity index (χ0) is 28.2. The van der Waals surface area contributed by atoms with Gasteiger partial charge in [-0.25, -0.2) is 0 Å². The number of aromatic amines is 1. The van der Waals surface area contributed by atoms with E-state index in [4.69, 9.17) is 0 Å². The third kappa shape index (κ3) is 20.0. The Bertz CT molecular complexity index is 816. The van der Waals surface area contributed by atoms with Crippen molar-refractivity contribution in [3.05, 3.63) is 73.0 Å². The number of primary amides is 1. The Balaban J connectivity index is -0.000000344. The lowest BCUT2D eigenvalue weighted by Crippen LogP contribution is -2.31. The molecule has 5 heteroatoms. The molecular formula is C30H53N3O2. The van der Waals surface area contributed by atoms with Crippen molar-refractivity contribution in [2.24, 2.45) is 5.73 Å². The molecule has 0 radical (unpaired) electrons. The minimum Gasteiger partial charge on any atom is -0.370 e. The minimum absolute atomic E-state index is 0.0840. The number of fused-ring (bicyclic) bond motifs is 1. The molecular weight excluding hydrogens is 434 g/mol. The lowest BCUT2D eigenvalue weighted by atomic mass is 10.1. The standard InChI is InChI=1S/C20H24N2O.C2H5NO.4C2H6/c1-4-9-17(5-2)15-22(16(3)23)13-8-10-18-14-21-20-12-7-6-11-19(18)20;1-2(3)4;4*1-2/h4-7,9,11-12,14,21H,1-2,8,10,13,15H2,3H3;1H3,(H2,3,4);4*1-2H3/b17-9+;;;;;. The third-order valence-electron chi connectivity index (χ3n) is 3.96. The molecule has 1 aromatic carbocycles. The smallest absolute Gasteiger partial charge is 0.219 e. The molecule has 0 bridgehead atoms. The fourth-order valence-electron chi connectivity index (χ4n) is 2.70. The van der Waals surface area contributed by atoms with Crippen LogP contribution in [0.2, 0.25) is 0 Å². The summed E-state index contributed by atoms with van der Waals surface area (Å²) in [7, 11) is 0. The number of aryl methyl sites for hydroxylation is 1. The van der Waals surface area contributed by atoms with Crippen LogP contribution < -0.4 is 5.73 Å². The third-order valence-corrected chi connectivity index (χ3v) is 3.96. The number of hydrogen-bond acceptors (Lipinski definition) is 2. The SMILES string of the molecule is C=C/C=C(\C=C)CN(CCCc1c[nH]c2ccccc12)C(C)=O.CC.CC.CC.CC.CC(N)=O. The maximum Gasteiger partial charge on any atom is 0.219 e. The number of rotatable bonds is 8. The van der Waals surface area contributed by atoms with Gasteiger partial charge in [0.15, 0.2) is 0 Å². The number of H-pyrrole nitrogens is 1. The van der Waals surface area contributed by atoms with Gasteiger partial charge in [0.2, 0.25) is 11.8 Å². The quantitative estimate of drug-likeness (QED) is 0.372. The van der Waals surface area contributed by atoms with E-state index in [1.165, 1.54) is 17.9 Å². The molecule has 5 nitrogen and oxygen atoms in total. The van der Waals surface area contributed by atoms with Gasteiger partial charge in [-0.2, -0.15) is 0 Å². The molecule has 2 aromatic rings. The number of carbonyl (C=O) groups is 2. The summed E-state index contributed by atoms with van der Waals surface area (Å²) >= 11 is 0. The van der Waals surface area contributed by atoms with E-state index in [1.807, 2.05) is 72.4 Å². The number of nitrogens with two attached hydrogens (primary N) is 1. The molecule has 0 aliphatic carbocycles. The largest absolute Gasteiger partial charge is 0.370 e. The average Bonchev–Trinajstić information content (AvgIpc) is 3.30. The van der Waals surface area contributed by atoms with E-state index in [0.717, 1.165) is 30.5 Å². The topological polar surface area (TPSA) is 79.2 Å². The molecule has 0 fully saturated rings. The number of para-hydroxylation sites is 1. The van der Waals surface area contributed by atoms with E-state index in [2.05, 4.69) is 48.3 Å². The van der Waals surface area contributed by atoms with Crippen molar-refractivity contribution in [2.45, 2.75) is 82.1 Å². The van der Waals surface area contributed by atoms with Gasteiger partial charge in [-0.1, -0.05) is 105 Å². The van der Waals surface area contributed by atoms with Crippen LogP contribution in [0.5, 0.6) is 0 Å². The van der Waals surface area contributed by atoms with Crippen molar-refractivity contribution in [3.8, 4) is 0 Å². The molecule has 0 unspecified atom stereocenters. The van der Waals surface area contributed by atoms with Crippen molar-refractivity contribution < 1.29 is 9.59 Å². The van der Waals surface area contributed by atoms with E-state index in [0.29, 0.717) is 6.54 Å². The zero-order valence-electron chi connectivity index (χ0n) is 24.2. The Kier molecular flexibility index (Phi) is 32.4. The Morgan fingerprint density at radius 3 is 1.94 bits per heavy atom. The average molecular weight is 488 g/mol. The molecule has 1 heterocycles. The summed E-state index contributed by atoms with van der Waals surface area (Å²) in [6.45, 7) is 27.7. The summed E-state index contributed by atoms with van der Waals surface area (Å²) < 4.78 is 0. The summed E-state index contributed by atoms with van der Waals surface area (Å²) in [6, 6.07) is 8.30. The normalized spacial score (nSPS) is 8.91. The monoisotopic (exact) mass is 487 g/mol. The maximum atomic E-state index is 11.8. The van der Waals surface area contributed by atoms with E-state index in [-0.39, 0.29) is 11.8 Å². The number of allylic oxidation sites excluding steroid dienone is 2. The highest BCUT2D eigenvalue weighted by Crippen LogP contribution is 2.19. The van der Waals surface area contributed by atoms with Crippen molar-refractivity contribution in [2.75, 3.05) is 13.1 Å². The molecule has 35 heavy (non-hydrogen) atoms. The van der Waals surface area contributed by atoms with E-state index in [9.17, 15) is 9.59 Å². The minimum atomic E-state index is -0.333. The summed E-state index contributed by atoms with van der Waals surface area (Å²) in [5, 5.41) is 1.26. The molecule has 0 spiro atoms. The van der Waals surface area contributed by atoms with Gasteiger partial charge in [0.1, 0.15) is 0 Å². The van der Waals surface area contributed by atoms with Crippen LogP contribution in [0.3, 0.4) is 0 Å². The van der Waals surface area contributed by atoms with Gasteiger partial charge in [-0.05, 0) is 30.0 Å². The first kappa shape index (κ1) is 39.1. The molecule has 2 amide bonds. The number of nitrogens with zero attached hydrogens (tertiary/aromatic N) is 1. The Morgan fingerprint density at radius 1 is 0.971 bits per heavy atom. The van der Waals surface area contributed by atoms with Crippen molar-refractivity contribution in [3.63, 3.8) is 0 Å².